The van der Waals surface area contributed by atoms with E-state index in [0.717, 1.165) is 6.42 Å². The Morgan fingerprint density at radius 1 is 1.19 bits per heavy atom. The van der Waals surface area contributed by atoms with Crippen LogP contribution in [0.15, 0.2) is 47.5 Å². The van der Waals surface area contributed by atoms with Gasteiger partial charge in [0, 0.05) is 44.0 Å². The Morgan fingerprint density at radius 3 is 2.61 bits per heavy atom. The van der Waals surface area contributed by atoms with Crippen LogP contribution in [0.25, 0.3) is 0 Å². The summed E-state index contributed by atoms with van der Waals surface area (Å²) in [6, 6.07) is 11.5. The number of pyridine rings is 1. The van der Waals surface area contributed by atoms with Gasteiger partial charge in [-0.2, -0.15) is 5.26 Å². The van der Waals surface area contributed by atoms with Gasteiger partial charge in [0.2, 0.25) is 10.0 Å². The van der Waals surface area contributed by atoms with Gasteiger partial charge in [-0.3, -0.25) is 4.79 Å². The van der Waals surface area contributed by atoms with Crippen molar-refractivity contribution in [2.45, 2.75) is 37.6 Å². The average molecular weight is 442 g/mol. The fraction of sp³-hybridized carbons (Fsp3) is 0.409. The van der Waals surface area contributed by atoms with E-state index in [-0.39, 0.29) is 16.8 Å². The van der Waals surface area contributed by atoms with Crippen LogP contribution in [0.5, 0.6) is 0 Å². The van der Waals surface area contributed by atoms with Crippen LogP contribution in [0.2, 0.25) is 0 Å². The number of sulfonamides is 1. The lowest BCUT2D eigenvalue weighted by Crippen LogP contribution is -2.35. The van der Waals surface area contributed by atoms with Crippen LogP contribution in [0.1, 0.15) is 42.6 Å². The molecule has 0 bridgehead atoms. The lowest BCUT2D eigenvalue weighted by Gasteiger charge is -2.23. The van der Waals surface area contributed by atoms with Gasteiger partial charge >= 0.3 is 0 Å². The standard InChI is InChI=1S/C22H27N5O3S/c1-3-17(2)25-31(29,30)20-9-7-18(8-10-20)22(28)27-13-5-12-26(14-15-27)21-19(16-23)6-4-11-24-21/h4,6-11,17,25H,3,5,12-15H2,1-2H3. The second-order valence-electron chi connectivity index (χ2n) is 7.57. The molecule has 1 aliphatic heterocycles. The monoisotopic (exact) mass is 441 g/mol. The minimum atomic E-state index is -3.60. The molecule has 2 aromatic rings. The molecule has 1 saturated heterocycles. The summed E-state index contributed by atoms with van der Waals surface area (Å²) in [5, 5.41) is 9.32. The molecule has 1 unspecified atom stereocenters. The second kappa shape index (κ2) is 9.90. The molecule has 1 aromatic heterocycles. The van der Waals surface area contributed by atoms with Crippen LogP contribution < -0.4 is 9.62 Å². The number of hydrogen-bond donors (Lipinski definition) is 1. The molecule has 0 spiro atoms. The highest BCUT2D eigenvalue weighted by atomic mass is 32.2. The molecule has 1 N–H and O–H groups in total. The van der Waals surface area contributed by atoms with E-state index in [1.165, 1.54) is 12.1 Å². The molecular formula is C22H27N5O3S. The van der Waals surface area contributed by atoms with Crippen LogP contribution in [0, 0.1) is 11.3 Å². The quantitative estimate of drug-likeness (QED) is 0.738. The van der Waals surface area contributed by atoms with Crippen molar-refractivity contribution in [2.75, 3.05) is 31.1 Å². The maximum absolute atomic E-state index is 13.0. The highest BCUT2D eigenvalue weighted by Crippen LogP contribution is 2.19. The number of nitrogens with zero attached hydrogens (tertiary/aromatic N) is 4. The van der Waals surface area contributed by atoms with E-state index in [0.29, 0.717) is 49.5 Å². The number of nitriles is 1. The molecule has 31 heavy (non-hydrogen) atoms. The molecule has 1 amide bonds. The lowest BCUT2D eigenvalue weighted by atomic mass is 10.2. The van der Waals surface area contributed by atoms with Crippen molar-refractivity contribution in [3.63, 3.8) is 0 Å². The molecule has 1 aliphatic rings. The van der Waals surface area contributed by atoms with E-state index < -0.39 is 10.0 Å². The first-order chi connectivity index (χ1) is 14.9. The van der Waals surface area contributed by atoms with Crippen LogP contribution in [-0.4, -0.2) is 56.4 Å². The molecule has 0 radical (unpaired) electrons. The van der Waals surface area contributed by atoms with E-state index in [9.17, 15) is 18.5 Å². The van der Waals surface area contributed by atoms with Crippen LogP contribution >= 0.6 is 0 Å². The van der Waals surface area contributed by atoms with E-state index in [1.54, 1.807) is 35.4 Å². The summed E-state index contributed by atoms with van der Waals surface area (Å²) in [4.78, 5) is 21.3. The van der Waals surface area contributed by atoms with Gasteiger partial charge < -0.3 is 9.80 Å². The summed E-state index contributed by atoms with van der Waals surface area (Å²) >= 11 is 0. The SMILES string of the molecule is CCC(C)NS(=O)(=O)c1ccc(C(=O)N2CCCN(c3ncccc3C#N)CC2)cc1. The van der Waals surface area contributed by atoms with Crippen molar-refractivity contribution in [2.24, 2.45) is 0 Å². The fourth-order valence-corrected chi connectivity index (χ4v) is 4.77. The molecule has 8 nitrogen and oxygen atoms in total. The maximum Gasteiger partial charge on any atom is 0.253 e. The molecule has 1 aromatic carbocycles. The first-order valence-corrected chi connectivity index (χ1v) is 11.9. The number of benzene rings is 1. The second-order valence-corrected chi connectivity index (χ2v) is 9.29. The first kappa shape index (κ1) is 22.7. The third-order valence-electron chi connectivity index (χ3n) is 5.37. The van der Waals surface area contributed by atoms with Gasteiger partial charge in [0.15, 0.2) is 0 Å². The molecule has 0 saturated carbocycles. The third kappa shape index (κ3) is 5.40. The van der Waals surface area contributed by atoms with Crippen LogP contribution in [-0.2, 0) is 10.0 Å². The third-order valence-corrected chi connectivity index (χ3v) is 6.98. The minimum absolute atomic E-state index is 0.137. The largest absolute Gasteiger partial charge is 0.354 e. The minimum Gasteiger partial charge on any atom is -0.354 e. The van der Waals surface area contributed by atoms with Crippen molar-refractivity contribution in [3.05, 3.63) is 53.7 Å². The Morgan fingerprint density at radius 2 is 1.94 bits per heavy atom. The van der Waals surface area contributed by atoms with Gasteiger partial charge in [-0.05, 0) is 56.2 Å². The Balaban J connectivity index is 1.69. The number of carbonyl (C=O) groups excluding carboxylic acids is 1. The number of aromatic nitrogens is 1. The van der Waals surface area contributed by atoms with Crippen molar-refractivity contribution in [1.29, 1.82) is 5.26 Å². The van der Waals surface area contributed by atoms with Gasteiger partial charge in [-0.25, -0.2) is 18.1 Å². The van der Waals surface area contributed by atoms with Crippen molar-refractivity contribution in [3.8, 4) is 6.07 Å². The Kier molecular flexibility index (Phi) is 7.25. The van der Waals surface area contributed by atoms with Crippen molar-refractivity contribution < 1.29 is 13.2 Å². The molecular weight excluding hydrogens is 414 g/mol. The first-order valence-electron chi connectivity index (χ1n) is 10.4. The number of anilines is 1. The summed E-state index contributed by atoms with van der Waals surface area (Å²) < 4.78 is 27.4. The number of rotatable bonds is 6. The van der Waals surface area contributed by atoms with E-state index in [1.807, 2.05) is 18.7 Å². The lowest BCUT2D eigenvalue weighted by molar-refractivity contribution is 0.0767. The number of hydrogen-bond acceptors (Lipinski definition) is 6. The molecule has 164 valence electrons. The van der Waals surface area contributed by atoms with Gasteiger partial charge in [-0.1, -0.05) is 6.92 Å². The molecule has 9 heteroatoms. The number of amides is 1. The molecule has 1 atom stereocenters. The summed E-state index contributed by atoms with van der Waals surface area (Å²) in [7, 11) is -3.60. The highest BCUT2D eigenvalue weighted by Gasteiger charge is 2.23. The Bertz CT molecular complexity index is 1060. The molecule has 2 heterocycles. The summed E-state index contributed by atoms with van der Waals surface area (Å²) in [6.45, 7) is 6.07. The Hall–Kier alpha value is -2.96. The highest BCUT2D eigenvalue weighted by molar-refractivity contribution is 7.89. The molecule has 1 fully saturated rings. The molecule has 0 aliphatic carbocycles. The predicted octanol–water partition coefficient (Wildman–Crippen LogP) is 2.38. The van der Waals surface area contributed by atoms with E-state index in [4.69, 9.17) is 0 Å². The number of nitrogens with one attached hydrogen (secondary N) is 1. The van der Waals surface area contributed by atoms with Crippen molar-refractivity contribution >= 4 is 21.7 Å². The smallest absolute Gasteiger partial charge is 0.253 e. The normalized spacial score (nSPS) is 15.8. The van der Waals surface area contributed by atoms with Gasteiger partial charge in [-0.15, -0.1) is 0 Å². The zero-order chi connectivity index (χ0) is 22.4. The number of carbonyl (C=O) groups is 1. The topological polar surface area (TPSA) is 106 Å². The molecule has 3 rings (SSSR count). The van der Waals surface area contributed by atoms with E-state index >= 15 is 0 Å². The van der Waals surface area contributed by atoms with E-state index in [2.05, 4.69) is 15.8 Å². The van der Waals surface area contributed by atoms with Crippen molar-refractivity contribution in [1.82, 2.24) is 14.6 Å². The summed E-state index contributed by atoms with van der Waals surface area (Å²) in [5.74, 6) is 0.505. The zero-order valence-corrected chi connectivity index (χ0v) is 18.6. The van der Waals surface area contributed by atoms with Crippen LogP contribution in [0.3, 0.4) is 0 Å². The van der Waals surface area contributed by atoms with Crippen LogP contribution in [0.4, 0.5) is 5.82 Å². The Labute approximate surface area is 183 Å². The van der Waals surface area contributed by atoms with Gasteiger partial charge in [0.25, 0.3) is 5.91 Å². The maximum atomic E-state index is 13.0. The zero-order valence-electron chi connectivity index (χ0n) is 17.8. The predicted molar refractivity (Wildman–Crippen MR) is 118 cm³/mol. The van der Waals surface area contributed by atoms with Gasteiger partial charge in [0.1, 0.15) is 11.9 Å². The summed E-state index contributed by atoms with van der Waals surface area (Å²) in [6.07, 6.45) is 3.10. The van der Waals surface area contributed by atoms with Gasteiger partial charge in [0.05, 0.1) is 10.5 Å². The average Bonchev–Trinajstić information content (AvgIpc) is 3.04. The summed E-state index contributed by atoms with van der Waals surface area (Å²) in [5.41, 5.74) is 0.969. The fourth-order valence-electron chi connectivity index (χ4n) is 3.44.